The first-order valence-electron chi connectivity index (χ1n) is 11.4. The number of nitrogens with one attached hydrogen (secondary N) is 1. The van der Waals surface area contributed by atoms with Crippen molar-refractivity contribution in [3.05, 3.63) is 57.3 Å². The van der Waals surface area contributed by atoms with Gasteiger partial charge in [0.05, 0.1) is 23.9 Å². The number of rotatable bonds is 7. The molecule has 0 fully saturated rings. The van der Waals surface area contributed by atoms with Crippen molar-refractivity contribution >= 4 is 40.9 Å². The minimum atomic E-state index is -0.984. The van der Waals surface area contributed by atoms with Crippen molar-refractivity contribution in [2.75, 3.05) is 17.8 Å². The van der Waals surface area contributed by atoms with Crippen molar-refractivity contribution in [1.82, 2.24) is 10.1 Å². The number of unbranched alkanes of at least 4 members (excludes halogenated alkanes) is 1. The first kappa shape index (κ1) is 25.7. The lowest BCUT2D eigenvalue weighted by Crippen LogP contribution is -2.60. The number of carbonyl (C=O) groups is 2. The van der Waals surface area contributed by atoms with Crippen LogP contribution in [-0.2, 0) is 9.59 Å². The van der Waals surface area contributed by atoms with Crippen LogP contribution in [0, 0.1) is 0 Å². The summed E-state index contributed by atoms with van der Waals surface area (Å²) in [5.74, 6) is 0.174. The van der Waals surface area contributed by atoms with E-state index in [1.807, 2.05) is 0 Å². The maximum Gasteiger partial charge on any atom is 0.325 e. The number of amides is 1. The van der Waals surface area contributed by atoms with Crippen molar-refractivity contribution in [3.8, 4) is 22.8 Å². The summed E-state index contributed by atoms with van der Waals surface area (Å²) < 4.78 is 12.5. The molecule has 1 aliphatic heterocycles. The number of H-pyrrole nitrogens is 1. The van der Waals surface area contributed by atoms with Gasteiger partial charge in [-0.15, -0.1) is 0 Å². The van der Waals surface area contributed by atoms with Gasteiger partial charge in [0.2, 0.25) is 11.1 Å². The van der Waals surface area contributed by atoms with Crippen molar-refractivity contribution in [2.24, 2.45) is 0 Å². The van der Waals surface area contributed by atoms with Gasteiger partial charge < -0.3 is 9.47 Å². The van der Waals surface area contributed by atoms with Gasteiger partial charge in [-0.25, -0.2) is 4.90 Å². The molecule has 3 aromatic rings. The fraction of sp³-hybridized carbons (Fsp3) is 0.320. The van der Waals surface area contributed by atoms with Gasteiger partial charge in [-0.3, -0.25) is 19.4 Å². The number of nitrogens with zero attached hydrogens (tertiary/aromatic N) is 3. The zero-order valence-corrected chi connectivity index (χ0v) is 21.9. The summed E-state index contributed by atoms with van der Waals surface area (Å²) in [6.07, 6.45) is 0.962. The molecule has 0 unspecified atom stereocenters. The third-order valence-corrected chi connectivity index (χ3v) is 6.79. The monoisotopic (exact) mass is 529 g/mol. The second-order valence-electron chi connectivity index (χ2n) is 8.15. The van der Waals surface area contributed by atoms with Crippen molar-refractivity contribution in [2.45, 2.75) is 44.9 Å². The molecule has 1 N–H and O–H groups in total. The van der Waals surface area contributed by atoms with Gasteiger partial charge >= 0.3 is 17.2 Å². The zero-order chi connectivity index (χ0) is 26.0. The smallest absolute Gasteiger partial charge is 0.325 e. The van der Waals surface area contributed by atoms with E-state index in [0.29, 0.717) is 27.0 Å². The molecular formula is C25H26ClN4O5S+. The van der Waals surface area contributed by atoms with Crippen LogP contribution in [-0.4, -0.2) is 34.8 Å². The molecule has 1 amide bonds. The second kappa shape index (κ2) is 10.7. The van der Waals surface area contributed by atoms with Crippen LogP contribution in [0.5, 0.6) is 11.5 Å². The first-order chi connectivity index (χ1) is 17.3. The lowest BCUT2D eigenvalue weighted by Gasteiger charge is -2.32. The third-order valence-electron chi connectivity index (χ3n) is 5.63. The molecule has 9 nitrogen and oxygen atoms in total. The highest BCUT2D eigenvalue weighted by molar-refractivity contribution is 7.99. The summed E-state index contributed by atoms with van der Waals surface area (Å²) in [4.78, 5) is 43.0. The zero-order valence-electron chi connectivity index (χ0n) is 20.3. The van der Waals surface area contributed by atoms with Crippen LogP contribution >= 0.6 is 23.4 Å². The molecule has 2 aromatic carbocycles. The molecular weight excluding hydrogens is 504 g/mol. The van der Waals surface area contributed by atoms with Gasteiger partial charge in [0.25, 0.3) is 6.17 Å². The van der Waals surface area contributed by atoms with Crippen LogP contribution in [0.25, 0.3) is 11.3 Å². The average molecular weight is 530 g/mol. The molecule has 2 heterocycles. The number of hydrogen-bond donors (Lipinski definition) is 1. The average Bonchev–Trinajstić information content (AvgIpc) is 2.83. The van der Waals surface area contributed by atoms with Crippen LogP contribution in [0.3, 0.4) is 0 Å². The summed E-state index contributed by atoms with van der Waals surface area (Å²) in [5.41, 5.74) is 1.31. The summed E-state index contributed by atoms with van der Waals surface area (Å²) in [6, 6.07) is 10.2. The van der Waals surface area contributed by atoms with Gasteiger partial charge in [0, 0.05) is 35.8 Å². The molecule has 188 valence electrons. The Hall–Kier alpha value is -3.37. The lowest BCUT2D eigenvalue weighted by molar-refractivity contribution is -0.763. The number of hydrogen-bond acceptors (Lipinski definition) is 7. The number of benzene rings is 2. The number of fused-ring (bicyclic) bond motifs is 3. The number of aromatic nitrogens is 3. The number of esters is 1. The lowest BCUT2D eigenvalue weighted by atomic mass is 10.0. The Morgan fingerprint density at radius 2 is 2.00 bits per heavy atom. The van der Waals surface area contributed by atoms with Crippen LogP contribution in [0.4, 0.5) is 5.69 Å². The molecule has 1 aromatic heterocycles. The number of aromatic amines is 1. The Morgan fingerprint density at radius 1 is 1.25 bits per heavy atom. The molecule has 0 saturated carbocycles. The number of halogens is 1. The van der Waals surface area contributed by atoms with Crippen LogP contribution < -0.4 is 24.6 Å². The van der Waals surface area contributed by atoms with E-state index < -0.39 is 12.1 Å². The number of ether oxygens (including phenoxy) is 2. The number of para-hydroxylation sites is 1. The quantitative estimate of drug-likeness (QED) is 0.161. The van der Waals surface area contributed by atoms with Crippen LogP contribution in [0.15, 0.2) is 46.3 Å². The predicted molar refractivity (Wildman–Crippen MR) is 137 cm³/mol. The first-order valence-corrected chi connectivity index (χ1v) is 12.8. The van der Waals surface area contributed by atoms with Crippen molar-refractivity contribution in [3.63, 3.8) is 0 Å². The molecule has 1 aliphatic rings. The van der Waals surface area contributed by atoms with Crippen LogP contribution in [0.1, 0.15) is 45.3 Å². The molecule has 11 heteroatoms. The SMILES string of the molecule is CCCCSc1n[n+]2c(c(=O)[nH]1)-c1ccccc1N(C(C)=O)[C@@H]2c1cc(Cl)cc(OC)c1OC(C)=O. The highest BCUT2D eigenvalue weighted by atomic mass is 35.5. The van der Waals surface area contributed by atoms with E-state index in [-0.39, 0.29) is 28.7 Å². The fourth-order valence-corrected chi connectivity index (χ4v) is 5.31. The van der Waals surface area contributed by atoms with E-state index in [4.69, 9.17) is 26.2 Å². The number of anilines is 1. The summed E-state index contributed by atoms with van der Waals surface area (Å²) >= 11 is 7.85. The maximum atomic E-state index is 13.4. The predicted octanol–water partition coefficient (Wildman–Crippen LogP) is 4.12. The van der Waals surface area contributed by atoms with E-state index in [9.17, 15) is 14.4 Å². The molecule has 36 heavy (non-hydrogen) atoms. The Labute approximate surface area is 217 Å². The van der Waals surface area contributed by atoms with Gasteiger partial charge in [-0.05, 0) is 29.3 Å². The summed E-state index contributed by atoms with van der Waals surface area (Å²) in [5, 5.41) is 5.45. The molecule has 0 radical (unpaired) electrons. The molecule has 0 bridgehead atoms. The number of thioether (sulfide) groups is 1. The van der Waals surface area contributed by atoms with E-state index in [1.165, 1.54) is 48.4 Å². The molecule has 0 aliphatic carbocycles. The van der Waals surface area contributed by atoms with E-state index >= 15 is 0 Å². The molecule has 0 saturated heterocycles. The third kappa shape index (κ3) is 4.83. The topological polar surface area (TPSA) is 105 Å². The largest absolute Gasteiger partial charge is 0.493 e. The minimum Gasteiger partial charge on any atom is -0.493 e. The highest BCUT2D eigenvalue weighted by Crippen LogP contribution is 2.44. The highest BCUT2D eigenvalue weighted by Gasteiger charge is 2.47. The summed E-state index contributed by atoms with van der Waals surface area (Å²) in [7, 11) is 1.42. The van der Waals surface area contributed by atoms with Gasteiger partial charge in [-0.1, -0.05) is 48.8 Å². The van der Waals surface area contributed by atoms with E-state index in [1.54, 1.807) is 30.3 Å². The summed E-state index contributed by atoms with van der Waals surface area (Å²) in [6.45, 7) is 4.77. The van der Waals surface area contributed by atoms with Crippen molar-refractivity contribution in [1.29, 1.82) is 0 Å². The number of carbonyl (C=O) groups excluding carboxylic acids is 2. The van der Waals surface area contributed by atoms with Gasteiger partial charge in [0.1, 0.15) is 0 Å². The normalized spacial score (nSPS) is 14.1. The van der Waals surface area contributed by atoms with Crippen LogP contribution in [0.2, 0.25) is 5.02 Å². The van der Waals surface area contributed by atoms with Crippen molar-refractivity contribution < 1.29 is 23.7 Å². The minimum absolute atomic E-state index is 0.0887. The molecule has 0 spiro atoms. The molecule has 4 rings (SSSR count). The molecule has 1 atom stereocenters. The maximum absolute atomic E-state index is 13.4. The van der Waals surface area contributed by atoms with Gasteiger partial charge in [-0.2, -0.15) is 0 Å². The Balaban J connectivity index is 2.07. The standard InChI is InChI=1S/C25H25ClN4O5S/c1-5-6-11-36-25-27-23(33)21-17-9-7-8-10-19(17)29(14(2)31)24(30(21)28-25)18-12-16(26)13-20(34-4)22(18)35-15(3)32/h7-10,12-13,24H,5-6,11H2,1-4H3/p+1/t24-/m0/s1. The van der Waals surface area contributed by atoms with Gasteiger partial charge in [0.15, 0.2) is 11.5 Å². The Kier molecular flexibility index (Phi) is 7.65. The Morgan fingerprint density at radius 3 is 2.67 bits per heavy atom. The second-order valence-corrected chi connectivity index (χ2v) is 9.67. The van der Waals surface area contributed by atoms with E-state index in [2.05, 4.69) is 11.9 Å². The Bertz CT molecular complexity index is 1390. The van der Waals surface area contributed by atoms with E-state index in [0.717, 1.165) is 18.6 Å². The fourth-order valence-electron chi connectivity index (χ4n) is 4.16. The number of methoxy groups -OCH3 is 1.